The smallest absolute Gasteiger partial charge is 0.345 e. The van der Waals surface area contributed by atoms with Crippen LogP contribution in [0.25, 0.3) is 0 Å². The lowest BCUT2D eigenvalue weighted by atomic mass is 10.0. The van der Waals surface area contributed by atoms with Gasteiger partial charge in [-0.25, -0.2) is 4.79 Å². The van der Waals surface area contributed by atoms with Crippen LogP contribution in [-0.4, -0.2) is 23.1 Å². The maximum Gasteiger partial charge on any atom is 0.345 e. The average molecular weight is 441 g/mol. The molecule has 4 heteroatoms. The number of carboxylic acid groups (broad SMARTS) is 1. The van der Waals surface area contributed by atoms with E-state index in [9.17, 15) is 14.7 Å². The van der Waals surface area contributed by atoms with E-state index in [0.29, 0.717) is 12.8 Å². The largest absolute Gasteiger partial charge is 0.479 e. The van der Waals surface area contributed by atoms with E-state index in [2.05, 4.69) is 13.8 Å². The summed E-state index contributed by atoms with van der Waals surface area (Å²) in [5.41, 5.74) is 0. The van der Waals surface area contributed by atoms with E-state index < -0.39 is 12.1 Å². The Hall–Kier alpha value is -1.06. The fourth-order valence-corrected chi connectivity index (χ4v) is 4.02. The second-order valence-electron chi connectivity index (χ2n) is 9.22. The lowest BCUT2D eigenvalue weighted by molar-refractivity contribution is -0.164. The zero-order chi connectivity index (χ0) is 23.0. The van der Waals surface area contributed by atoms with Crippen LogP contribution in [0.5, 0.6) is 0 Å². The quantitative estimate of drug-likeness (QED) is 0.120. The van der Waals surface area contributed by atoms with Crippen LogP contribution in [0.2, 0.25) is 0 Å². The number of unbranched alkanes of at least 4 members (excludes halogenated alkanes) is 18. The molecule has 31 heavy (non-hydrogen) atoms. The molecule has 0 radical (unpaired) electrons. The first-order valence-electron chi connectivity index (χ1n) is 13.5. The van der Waals surface area contributed by atoms with E-state index in [-0.39, 0.29) is 5.97 Å². The third-order valence-corrected chi connectivity index (χ3v) is 6.10. The molecule has 0 aliphatic carbocycles. The number of aliphatic carboxylic acids is 1. The van der Waals surface area contributed by atoms with Crippen molar-refractivity contribution in [2.24, 2.45) is 0 Å². The minimum atomic E-state index is -1.01. The van der Waals surface area contributed by atoms with Crippen molar-refractivity contribution in [2.75, 3.05) is 0 Å². The fourth-order valence-electron chi connectivity index (χ4n) is 4.02. The molecule has 0 aromatic heterocycles. The van der Waals surface area contributed by atoms with Crippen molar-refractivity contribution in [3.05, 3.63) is 0 Å². The third kappa shape index (κ3) is 21.9. The van der Waals surface area contributed by atoms with Crippen molar-refractivity contribution in [3.8, 4) is 0 Å². The minimum absolute atomic E-state index is 0.346. The summed E-state index contributed by atoms with van der Waals surface area (Å²) in [5, 5.41) is 9.33. The van der Waals surface area contributed by atoms with Gasteiger partial charge in [0.1, 0.15) is 0 Å². The first-order valence-corrected chi connectivity index (χ1v) is 13.5. The highest BCUT2D eigenvalue weighted by Gasteiger charge is 2.21. The number of carbonyl (C=O) groups is 2. The Balaban J connectivity index is 3.62. The van der Waals surface area contributed by atoms with Crippen LogP contribution in [0.1, 0.15) is 155 Å². The molecular formula is C27H52O4. The molecule has 0 spiro atoms. The number of ether oxygens (including phenoxy) is 1. The molecule has 0 saturated heterocycles. The van der Waals surface area contributed by atoms with Gasteiger partial charge in [-0.3, -0.25) is 4.79 Å². The third-order valence-electron chi connectivity index (χ3n) is 6.10. The van der Waals surface area contributed by atoms with Crippen LogP contribution in [-0.2, 0) is 14.3 Å². The Kier molecular flexibility index (Phi) is 22.8. The molecule has 0 saturated carbocycles. The topological polar surface area (TPSA) is 63.6 Å². The van der Waals surface area contributed by atoms with E-state index in [1.807, 2.05) is 0 Å². The van der Waals surface area contributed by atoms with E-state index in [0.717, 1.165) is 38.5 Å². The number of rotatable bonds is 24. The molecule has 0 rings (SSSR count). The molecule has 0 fully saturated rings. The molecule has 0 aliphatic heterocycles. The van der Waals surface area contributed by atoms with Crippen LogP contribution in [0.3, 0.4) is 0 Å². The molecule has 0 bridgehead atoms. The summed E-state index contributed by atoms with van der Waals surface area (Å²) in [4.78, 5) is 23.4. The van der Waals surface area contributed by atoms with Crippen molar-refractivity contribution in [3.63, 3.8) is 0 Å². The molecule has 4 nitrogen and oxygen atoms in total. The molecule has 0 amide bonds. The molecule has 184 valence electrons. The van der Waals surface area contributed by atoms with Crippen molar-refractivity contribution in [1.29, 1.82) is 0 Å². The predicted octanol–water partition coefficient (Wildman–Crippen LogP) is 8.60. The van der Waals surface area contributed by atoms with Gasteiger partial charge in [0, 0.05) is 6.42 Å². The normalized spacial score (nSPS) is 12.1. The Morgan fingerprint density at radius 1 is 0.581 bits per heavy atom. The highest BCUT2D eigenvalue weighted by atomic mass is 16.6. The second kappa shape index (κ2) is 23.6. The van der Waals surface area contributed by atoms with Crippen LogP contribution in [0, 0.1) is 0 Å². The molecular weight excluding hydrogens is 388 g/mol. The fraction of sp³-hybridized carbons (Fsp3) is 0.926. The molecule has 0 aromatic carbocycles. The first-order chi connectivity index (χ1) is 15.1. The van der Waals surface area contributed by atoms with Crippen LogP contribution >= 0.6 is 0 Å². The van der Waals surface area contributed by atoms with Crippen LogP contribution in [0.4, 0.5) is 0 Å². The van der Waals surface area contributed by atoms with Crippen LogP contribution in [0.15, 0.2) is 0 Å². The van der Waals surface area contributed by atoms with Gasteiger partial charge in [-0.05, 0) is 19.3 Å². The number of hydrogen-bond donors (Lipinski definition) is 1. The number of esters is 1. The van der Waals surface area contributed by atoms with Gasteiger partial charge in [-0.1, -0.05) is 129 Å². The zero-order valence-corrected chi connectivity index (χ0v) is 20.8. The summed E-state index contributed by atoms with van der Waals surface area (Å²) in [6.07, 6.45) is 24.1. The molecule has 1 N–H and O–H groups in total. The standard InChI is InChI=1S/C27H52O4/c1-3-5-7-9-11-13-15-17-19-21-23-25(27(29)30)31-26(28)24-22-20-18-16-14-12-10-8-6-4-2/h25H,3-24H2,1-2H3,(H,29,30). The van der Waals surface area contributed by atoms with Gasteiger partial charge in [0.15, 0.2) is 6.10 Å². The van der Waals surface area contributed by atoms with E-state index in [1.165, 1.54) is 89.9 Å². The monoisotopic (exact) mass is 440 g/mol. The van der Waals surface area contributed by atoms with Gasteiger partial charge in [-0.2, -0.15) is 0 Å². The highest BCUT2D eigenvalue weighted by Crippen LogP contribution is 2.15. The molecule has 1 atom stereocenters. The highest BCUT2D eigenvalue weighted by molar-refractivity contribution is 5.77. The number of carboxylic acids is 1. The average Bonchev–Trinajstić information content (AvgIpc) is 2.75. The Labute approximate surface area is 192 Å². The lowest BCUT2D eigenvalue weighted by Crippen LogP contribution is -2.27. The van der Waals surface area contributed by atoms with Gasteiger partial charge >= 0.3 is 11.9 Å². The Morgan fingerprint density at radius 3 is 1.32 bits per heavy atom. The summed E-state index contributed by atoms with van der Waals surface area (Å²) in [7, 11) is 0. The predicted molar refractivity (Wildman–Crippen MR) is 130 cm³/mol. The van der Waals surface area contributed by atoms with E-state index >= 15 is 0 Å². The summed E-state index contributed by atoms with van der Waals surface area (Å²) >= 11 is 0. The molecule has 0 aromatic rings. The maximum atomic E-state index is 12.0. The van der Waals surface area contributed by atoms with Gasteiger partial charge in [0.2, 0.25) is 0 Å². The van der Waals surface area contributed by atoms with Gasteiger partial charge in [0.05, 0.1) is 0 Å². The zero-order valence-electron chi connectivity index (χ0n) is 20.8. The van der Waals surface area contributed by atoms with Crippen molar-refractivity contribution >= 4 is 11.9 Å². The maximum absolute atomic E-state index is 12.0. The Morgan fingerprint density at radius 2 is 0.935 bits per heavy atom. The minimum Gasteiger partial charge on any atom is -0.479 e. The summed E-state index contributed by atoms with van der Waals surface area (Å²) in [6, 6.07) is 0. The number of hydrogen-bond acceptors (Lipinski definition) is 3. The summed E-state index contributed by atoms with van der Waals surface area (Å²) in [5.74, 6) is -1.36. The summed E-state index contributed by atoms with van der Waals surface area (Å²) in [6.45, 7) is 4.47. The SMILES string of the molecule is CCCCCCCCCCCCC(=O)OC(CCCCCCCCCCCC)C(=O)O. The van der Waals surface area contributed by atoms with E-state index in [1.54, 1.807) is 0 Å². The first kappa shape index (κ1) is 29.9. The lowest BCUT2D eigenvalue weighted by Gasteiger charge is -2.13. The molecule has 1 unspecified atom stereocenters. The summed E-state index contributed by atoms with van der Waals surface area (Å²) < 4.78 is 5.24. The van der Waals surface area contributed by atoms with Crippen molar-refractivity contribution < 1.29 is 19.4 Å². The van der Waals surface area contributed by atoms with Crippen molar-refractivity contribution in [1.82, 2.24) is 0 Å². The second-order valence-corrected chi connectivity index (χ2v) is 9.22. The molecule has 0 heterocycles. The Bertz CT molecular complexity index is 408. The van der Waals surface area contributed by atoms with Crippen LogP contribution < -0.4 is 0 Å². The van der Waals surface area contributed by atoms with Crippen molar-refractivity contribution in [2.45, 2.75) is 161 Å². The molecule has 0 aliphatic rings. The number of carbonyl (C=O) groups excluding carboxylic acids is 1. The van der Waals surface area contributed by atoms with E-state index in [4.69, 9.17) is 4.74 Å². The van der Waals surface area contributed by atoms with Gasteiger partial charge < -0.3 is 9.84 Å². The van der Waals surface area contributed by atoms with Gasteiger partial charge in [-0.15, -0.1) is 0 Å². The van der Waals surface area contributed by atoms with Gasteiger partial charge in [0.25, 0.3) is 0 Å².